The highest BCUT2D eigenvalue weighted by atomic mass is 32.1. The van der Waals surface area contributed by atoms with Gasteiger partial charge in [0.2, 0.25) is 0 Å². The van der Waals surface area contributed by atoms with Crippen LogP contribution in [-0.2, 0) is 13.1 Å². The van der Waals surface area contributed by atoms with Crippen LogP contribution >= 0.6 is 12.2 Å². The van der Waals surface area contributed by atoms with Crippen molar-refractivity contribution in [3.05, 3.63) is 40.4 Å². The number of hydrogen-bond donors (Lipinski definition) is 1. The molecule has 3 rings (SSSR count). The largest absolute Gasteiger partial charge is 0.268 e. The topological polar surface area (TPSA) is 69.2 Å². The van der Waals surface area contributed by atoms with Crippen LogP contribution in [-0.4, -0.2) is 34.3 Å². The highest BCUT2D eigenvalue weighted by Gasteiger charge is 2.15. The normalized spacial score (nSPS) is 11.2. The average molecular weight is 303 g/mol. The Morgan fingerprint density at radius 3 is 2.67 bits per heavy atom. The second-order valence-corrected chi connectivity index (χ2v) is 5.23. The molecule has 3 aromatic heterocycles. The molecule has 0 aromatic carbocycles. The first-order valence-electron chi connectivity index (χ1n) is 6.79. The van der Waals surface area contributed by atoms with Gasteiger partial charge in [0, 0.05) is 18.4 Å². The van der Waals surface area contributed by atoms with Crippen molar-refractivity contribution in [2.45, 2.75) is 33.9 Å². The van der Waals surface area contributed by atoms with E-state index in [1.165, 1.54) is 0 Å². The molecule has 21 heavy (non-hydrogen) atoms. The van der Waals surface area contributed by atoms with Crippen LogP contribution in [0.5, 0.6) is 0 Å². The summed E-state index contributed by atoms with van der Waals surface area (Å²) in [7, 11) is 0. The molecule has 0 spiro atoms. The fourth-order valence-corrected chi connectivity index (χ4v) is 2.61. The van der Waals surface area contributed by atoms with E-state index in [4.69, 9.17) is 12.2 Å². The van der Waals surface area contributed by atoms with Crippen LogP contribution in [0.4, 0.5) is 0 Å². The summed E-state index contributed by atoms with van der Waals surface area (Å²) in [4.78, 5) is 0. The van der Waals surface area contributed by atoms with E-state index in [1.54, 1.807) is 6.20 Å². The predicted molar refractivity (Wildman–Crippen MR) is 81.0 cm³/mol. The molecule has 0 unspecified atom stereocenters. The smallest absolute Gasteiger partial charge is 0.200 e. The highest BCUT2D eigenvalue weighted by Crippen LogP contribution is 2.16. The Labute approximate surface area is 127 Å². The van der Waals surface area contributed by atoms with E-state index in [-0.39, 0.29) is 0 Å². The van der Waals surface area contributed by atoms with Gasteiger partial charge in [-0.05, 0) is 39.1 Å². The van der Waals surface area contributed by atoms with Crippen molar-refractivity contribution in [1.29, 1.82) is 0 Å². The number of H-pyrrole nitrogens is 1. The molecule has 0 aliphatic rings. The van der Waals surface area contributed by atoms with Crippen molar-refractivity contribution >= 4 is 12.2 Å². The monoisotopic (exact) mass is 303 g/mol. The predicted octanol–water partition coefficient (Wildman–Crippen LogP) is 2.01. The van der Waals surface area contributed by atoms with E-state index in [1.807, 2.05) is 40.0 Å². The number of nitrogens with zero attached hydrogens (tertiary/aromatic N) is 6. The Morgan fingerprint density at radius 1 is 1.24 bits per heavy atom. The summed E-state index contributed by atoms with van der Waals surface area (Å²) in [6, 6.07) is 1.96. The fraction of sp³-hybridized carbons (Fsp3) is 0.385. The van der Waals surface area contributed by atoms with Gasteiger partial charge in [-0.3, -0.25) is 19.0 Å². The van der Waals surface area contributed by atoms with E-state index in [2.05, 4.69) is 27.3 Å². The molecule has 0 saturated heterocycles. The summed E-state index contributed by atoms with van der Waals surface area (Å²) in [6.07, 6.45) is 3.60. The third kappa shape index (κ3) is 2.31. The van der Waals surface area contributed by atoms with Gasteiger partial charge in [0.25, 0.3) is 0 Å². The van der Waals surface area contributed by atoms with Gasteiger partial charge in [-0.25, -0.2) is 0 Å². The van der Waals surface area contributed by atoms with E-state index < -0.39 is 0 Å². The number of nitrogens with one attached hydrogen (secondary N) is 1. The Kier molecular flexibility index (Phi) is 3.46. The molecule has 0 saturated carbocycles. The minimum Gasteiger partial charge on any atom is -0.268 e. The average Bonchev–Trinajstić information content (AvgIpc) is 3.13. The quantitative estimate of drug-likeness (QED) is 0.749. The molecular weight excluding hydrogens is 286 g/mol. The van der Waals surface area contributed by atoms with Gasteiger partial charge in [0.15, 0.2) is 10.6 Å². The van der Waals surface area contributed by atoms with E-state index in [0.717, 1.165) is 29.4 Å². The third-order valence-corrected chi connectivity index (χ3v) is 3.85. The van der Waals surface area contributed by atoms with Crippen molar-refractivity contribution in [1.82, 2.24) is 34.3 Å². The number of hydrogen-bond acceptors (Lipinski definition) is 4. The molecule has 0 atom stereocenters. The first kappa shape index (κ1) is 13.7. The maximum absolute atomic E-state index is 5.37. The van der Waals surface area contributed by atoms with Gasteiger partial charge in [-0.2, -0.15) is 15.3 Å². The molecule has 3 heterocycles. The lowest BCUT2D eigenvalue weighted by molar-refractivity contribution is 0.623. The van der Waals surface area contributed by atoms with Crippen molar-refractivity contribution in [2.75, 3.05) is 0 Å². The second-order valence-electron chi connectivity index (χ2n) is 4.84. The third-order valence-electron chi connectivity index (χ3n) is 3.58. The zero-order chi connectivity index (χ0) is 15.0. The van der Waals surface area contributed by atoms with Gasteiger partial charge in [-0.15, -0.1) is 0 Å². The van der Waals surface area contributed by atoms with Crippen molar-refractivity contribution in [3.63, 3.8) is 0 Å². The first-order valence-corrected chi connectivity index (χ1v) is 7.20. The van der Waals surface area contributed by atoms with Gasteiger partial charge >= 0.3 is 0 Å². The highest BCUT2D eigenvalue weighted by molar-refractivity contribution is 7.71. The van der Waals surface area contributed by atoms with Crippen LogP contribution in [0.15, 0.2) is 18.5 Å². The lowest BCUT2D eigenvalue weighted by atomic mass is 10.3. The lowest BCUT2D eigenvalue weighted by Gasteiger charge is -2.08. The molecule has 0 amide bonds. The standard InChI is InChI=1S/C13H17N7S/c1-4-18-10(3)11(7-15-18)20-12(16-17-13(20)21)8-19-9(2)5-6-14-19/h5-7H,4,8H2,1-3H3,(H,17,21). The molecule has 1 N–H and O–H groups in total. The molecule has 0 fully saturated rings. The summed E-state index contributed by atoms with van der Waals surface area (Å²) < 4.78 is 6.31. The summed E-state index contributed by atoms with van der Waals surface area (Å²) in [5.41, 5.74) is 3.10. The maximum Gasteiger partial charge on any atom is 0.200 e. The van der Waals surface area contributed by atoms with Crippen LogP contribution in [0, 0.1) is 18.6 Å². The maximum atomic E-state index is 5.37. The minimum absolute atomic E-state index is 0.558. The molecule has 0 radical (unpaired) electrons. The number of aromatic nitrogens is 7. The molecule has 0 aliphatic carbocycles. The Hall–Kier alpha value is -2.22. The van der Waals surface area contributed by atoms with Crippen molar-refractivity contribution in [3.8, 4) is 5.69 Å². The molecular formula is C13H17N7S. The van der Waals surface area contributed by atoms with Crippen LogP contribution < -0.4 is 0 Å². The second kappa shape index (κ2) is 5.28. The molecule has 110 valence electrons. The first-order chi connectivity index (χ1) is 10.1. The molecule has 0 bridgehead atoms. The van der Waals surface area contributed by atoms with Crippen molar-refractivity contribution < 1.29 is 0 Å². The number of rotatable bonds is 4. The van der Waals surface area contributed by atoms with E-state index in [9.17, 15) is 0 Å². The summed E-state index contributed by atoms with van der Waals surface area (Å²) >= 11 is 5.37. The Bertz CT molecular complexity index is 820. The van der Waals surface area contributed by atoms with Crippen LogP contribution in [0.1, 0.15) is 24.1 Å². The molecule has 3 aromatic rings. The van der Waals surface area contributed by atoms with Gasteiger partial charge in [-0.1, -0.05) is 0 Å². The molecule has 0 aliphatic heterocycles. The molecule has 7 nitrogen and oxygen atoms in total. The van der Waals surface area contributed by atoms with Crippen molar-refractivity contribution in [2.24, 2.45) is 0 Å². The van der Waals surface area contributed by atoms with Gasteiger partial charge in [0.05, 0.1) is 17.6 Å². The summed E-state index contributed by atoms with van der Waals surface area (Å²) in [5, 5.41) is 15.9. The Balaban J connectivity index is 2.07. The zero-order valence-corrected chi connectivity index (χ0v) is 13.1. The van der Waals surface area contributed by atoms with Gasteiger partial charge < -0.3 is 0 Å². The Morgan fingerprint density at radius 2 is 2.05 bits per heavy atom. The van der Waals surface area contributed by atoms with Crippen LogP contribution in [0.25, 0.3) is 5.69 Å². The molecule has 8 heteroatoms. The van der Waals surface area contributed by atoms with Crippen LogP contribution in [0.2, 0.25) is 0 Å². The summed E-state index contributed by atoms with van der Waals surface area (Å²) in [5.74, 6) is 0.811. The number of aryl methyl sites for hydroxylation is 2. The lowest BCUT2D eigenvalue weighted by Crippen LogP contribution is -2.10. The van der Waals surface area contributed by atoms with Crippen LogP contribution in [0.3, 0.4) is 0 Å². The van der Waals surface area contributed by atoms with E-state index >= 15 is 0 Å². The van der Waals surface area contributed by atoms with Gasteiger partial charge in [0.1, 0.15) is 6.54 Å². The minimum atomic E-state index is 0.558. The SMILES string of the molecule is CCn1ncc(-n2c(Cn3nccc3C)n[nH]c2=S)c1C. The zero-order valence-electron chi connectivity index (χ0n) is 12.2. The fourth-order valence-electron chi connectivity index (χ4n) is 2.36. The number of aromatic amines is 1. The summed E-state index contributed by atoms with van der Waals surface area (Å²) in [6.45, 7) is 7.49. The van der Waals surface area contributed by atoms with E-state index in [0.29, 0.717) is 11.3 Å².